The summed E-state index contributed by atoms with van der Waals surface area (Å²) in [6.07, 6.45) is 3.21. The number of likely N-dealkylation sites (tertiary alicyclic amines) is 1. The minimum Gasteiger partial charge on any atom is -0.337 e. The molecular weight excluding hydrogens is 326 g/mol. The molecule has 0 radical (unpaired) electrons. The summed E-state index contributed by atoms with van der Waals surface area (Å²) in [6, 6.07) is 9.10. The molecule has 1 aliphatic heterocycles. The van der Waals surface area contributed by atoms with Crippen molar-refractivity contribution in [1.82, 2.24) is 9.88 Å². The minimum absolute atomic E-state index is 0.0953. The Hall–Kier alpha value is -2.69. The van der Waals surface area contributed by atoms with E-state index in [1.807, 2.05) is 37.8 Å². The summed E-state index contributed by atoms with van der Waals surface area (Å²) >= 11 is 0. The van der Waals surface area contributed by atoms with Gasteiger partial charge in [-0.1, -0.05) is 23.8 Å². The van der Waals surface area contributed by atoms with Crippen molar-refractivity contribution < 1.29 is 9.59 Å². The lowest BCUT2D eigenvalue weighted by atomic mass is 10.0. The molecule has 5 heteroatoms. The lowest BCUT2D eigenvalue weighted by Crippen LogP contribution is -2.36. The van der Waals surface area contributed by atoms with Crippen LogP contribution in [-0.2, 0) is 0 Å². The highest BCUT2D eigenvalue weighted by Gasteiger charge is 2.20. The Morgan fingerprint density at radius 3 is 2.23 bits per heavy atom. The van der Waals surface area contributed by atoms with E-state index in [4.69, 9.17) is 0 Å². The molecule has 1 aromatic carbocycles. The zero-order valence-electron chi connectivity index (χ0n) is 15.6. The fourth-order valence-electron chi connectivity index (χ4n) is 3.49. The molecule has 2 amide bonds. The van der Waals surface area contributed by atoms with Gasteiger partial charge in [0.05, 0.1) is 0 Å². The largest absolute Gasteiger partial charge is 0.337 e. The number of pyridine rings is 1. The molecule has 26 heavy (non-hydrogen) atoms. The molecule has 0 unspecified atom stereocenters. The van der Waals surface area contributed by atoms with E-state index in [1.54, 1.807) is 18.2 Å². The monoisotopic (exact) mass is 351 g/mol. The van der Waals surface area contributed by atoms with Crippen molar-refractivity contribution in [3.05, 3.63) is 58.4 Å². The molecule has 0 saturated carbocycles. The van der Waals surface area contributed by atoms with Crippen LogP contribution in [0.25, 0.3) is 0 Å². The van der Waals surface area contributed by atoms with Gasteiger partial charge in [0.2, 0.25) is 0 Å². The van der Waals surface area contributed by atoms with Crippen LogP contribution in [-0.4, -0.2) is 34.8 Å². The molecular formula is C21H25N3O2. The van der Waals surface area contributed by atoms with Gasteiger partial charge in [-0.15, -0.1) is 0 Å². The number of carbonyl (C=O) groups excluding carboxylic acids is 2. The molecule has 0 atom stereocenters. The van der Waals surface area contributed by atoms with Gasteiger partial charge in [0.1, 0.15) is 11.4 Å². The number of nitrogens with one attached hydrogen (secondary N) is 1. The molecule has 5 nitrogen and oxygen atoms in total. The van der Waals surface area contributed by atoms with Crippen molar-refractivity contribution in [2.75, 3.05) is 18.4 Å². The molecule has 1 aromatic heterocycles. The van der Waals surface area contributed by atoms with Crippen LogP contribution in [0, 0.1) is 20.8 Å². The van der Waals surface area contributed by atoms with E-state index >= 15 is 0 Å². The zero-order valence-corrected chi connectivity index (χ0v) is 15.6. The average molecular weight is 351 g/mol. The number of aromatic nitrogens is 1. The summed E-state index contributed by atoms with van der Waals surface area (Å²) < 4.78 is 0. The average Bonchev–Trinajstić information content (AvgIpc) is 2.64. The number of hydrogen-bond donors (Lipinski definition) is 1. The maximum absolute atomic E-state index is 12.7. The van der Waals surface area contributed by atoms with Gasteiger partial charge in [-0.25, -0.2) is 4.98 Å². The van der Waals surface area contributed by atoms with Crippen LogP contribution < -0.4 is 5.32 Å². The molecule has 136 valence electrons. The van der Waals surface area contributed by atoms with Gasteiger partial charge in [-0.3, -0.25) is 9.59 Å². The molecule has 1 fully saturated rings. The van der Waals surface area contributed by atoms with Crippen molar-refractivity contribution in [2.45, 2.75) is 40.0 Å². The molecule has 0 bridgehead atoms. The molecule has 0 aliphatic carbocycles. The number of aryl methyl sites for hydroxylation is 3. The molecule has 2 aromatic rings. The first kappa shape index (κ1) is 18.1. The second-order valence-electron chi connectivity index (χ2n) is 6.99. The second-order valence-corrected chi connectivity index (χ2v) is 6.99. The highest BCUT2D eigenvalue weighted by Crippen LogP contribution is 2.22. The Morgan fingerprint density at radius 1 is 0.962 bits per heavy atom. The first-order valence-corrected chi connectivity index (χ1v) is 9.11. The Kier molecular flexibility index (Phi) is 5.35. The first-order chi connectivity index (χ1) is 12.5. The maximum Gasteiger partial charge on any atom is 0.274 e. The van der Waals surface area contributed by atoms with Crippen LogP contribution in [0.1, 0.15) is 56.9 Å². The Bertz CT molecular complexity index is 816. The van der Waals surface area contributed by atoms with Crippen LogP contribution in [0.4, 0.5) is 5.69 Å². The van der Waals surface area contributed by atoms with Crippen molar-refractivity contribution in [2.24, 2.45) is 0 Å². The minimum atomic E-state index is -0.298. The summed E-state index contributed by atoms with van der Waals surface area (Å²) in [6.45, 7) is 7.50. The standard InChI is InChI=1S/C21H25N3O2/c1-14-12-15(2)19(16(3)13-14)23-20(25)17-8-7-9-18(22-17)21(26)24-10-5-4-6-11-24/h7-9,12-13H,4-6,10-11H2,1-3H3,(H,23,25). The summed E-state index contributed by atoms with van der Waals surface area (Å²) in [4.78, 5) is 31.4. The molecule has 1 saturated heterocycles. The van der Waals surface area contributed by atoms with Crippen LogP contribution in [0.3, 0.4) is 0 Å². The van der Waals surface area contributed by atoms with Crippen molar-refractivity contribution in [3.63, 3.8) is 0 Å². The fourth-order valence-corrected chi connectivity index (χ4v) is 3.49. The van der Waals surface area contributed by atoms with E-state index in [1.165, 1.54) is 0 Å². The van der Waals surface area contributed by atoms with Crippen LogP contribution in [0.2, 0.25) is 0 Å². The topological polar surface area (TPSA) is 62.3 Å². The summed E-state index contributed by atoms with van der Waals surface area (Å²) in [5.74, 6) is -0.393. The number of benzene rings is 1. The quantitative estimate of drug-likeness (QED) is 0.913. The van der Waals surface area contributed by atoms with Crippen LogP contribution >= 0.6 is 0 Å². The van der Waals surface area contributed by atoms with E-state index < -0.39 is 0 Å². The highest BCUT2D eigenvalue weighted by molar-refractivity contribution is 6.04. The van der Waals surface area contributed by atoms with Crippen molar-refractivity contribution in [3.8, 4) is 0 Å². The van der Waals surface area contributed by atoms with Gasteiger partial charge in [0.25, 0.3) is 11.8 Å². The molecule has 3 rings (SSSR count). The summed E-state index contributed by atoms with van der Waals surface area (Å²) in [5, 5.41) is 2.94. The predicted octanol–water partition coefficient (Wildman–Crippen LogP) is 3.89. The van der Waals surface area contributed by atoms with Gasteiger partial charge < -0.3 is 10.2 Å². The molecule has 1 N–H and O–H groups in total. The number of carbonyl (C=O) groups is 2. The Morgan fingerprint density at radius 2 is 1.58 bits per heavy atom. The first-order valence-electron chi connectivity index (χ1n) is 9.11. The number of piperidine rings is 1. The van der Waals surface area contributed by atoms with Crippen molar-refractivity contribution in [1.29, 1.82) is 0 Å². The third-order valence-corrected chi connectivity index (χ3v) is 4.76. The lowest BCUT2D eigenvalue weighted by molar-refractivity contribution is 0.0718. The third-order valence-electron chi connectivity index (χ3n) is 4.76. The van der Waals surface area contributed by atoms with Gasteiger partial charge in [-0.05, 0) is 63.3 Å². The molecule has 0 spiro atoms. The number of rotatable bonds is 3. The number of nitrogens with zero attached hydrogens (tertiary/aromatic N) is 2. The van der Waals surface area contributed by atoms with E-state index in [9.17, 15) is 9.59 Å². The highest BCUT2D eigenvalue weighted by atomic mass is 16.2. The lowest BCUT2D eigenvalue weighted by Gasteiger charge is -2.26. The van der Waals surface area contributed by atoms with E-state index in [0.29, 0.717) is 5.69 Å². The zero-order chi connectivity index (χ0) is 18.7. The van der Waals surface area contributed by atoms with Gasteiger partial charge in [0, 0.05) is 18.8 Å². The van der Waals surface area contributed by atoms with Crippen LogP contribution in [0.5, 0.6) is 0 Å². The Balaban J connectivity index is 1.79. The van der Waals surface area contributed by atoms with Crippen molar-refractivity contribution >= 4 is 17.5 Å². The third kappa shape index (κ3) is 3.93. The van der Waals surface area contributed by atoms with E-state index in [2.05, 4.69) is 10.3 Å². The fraction of sp³-hybridized carbons (Fsp3) is 0.381. The number of anilines is 1. The van der Waals surface area contributed by atoms with E-state index in [-0.39, 0.29) is 17.5 Å². The molecule has 2 heterocycles. The number of amides is 2. The predicted molar refractivity (Wildman–Crippen MR) is 103 cm³/mol. The second kappa shape index (κ2) is 7.68. The SMILES string of the molecule is Cc1cc(C)c(NC(=O)c2cccc(C(=O)N3CCCCC3)n2)c(C)c1. The normalized spacial score (nSPS) is 14.2. The molecule has 1 aliphatic rings. The van der Waals surface area contributed by atoms with Gasteiger partial charge in [0.15, 0.2) is 0 Å². The van der Waals surface area contributed by atoms with E-state index in [0.717, 1.165) is 54.7 Å². The van der Waals surface area contributed by atoms with Gasteiger partial charge >= 0.3 is 0 Å². The smallest absolute Gasteiger partial charge is 0.274 e. The van der Waals surface area contributed by atoms with Gasteiger partial charge in [-0.2, -0.15) is 0 Å². The summed E-state index contributed by atoms with van der Waals surface area (Å²) in [5.41, 5.74) is 4.57. The van der Waals surface area contributed by atoms with Crippen LogP contribution in [0.15, 0.2) is 30.3 Å². The maximum atomic E-state index is 12.7. The number of hydrogen-bond acceptors (Lipinski definition) is 3. The Labute approximate surface area is 154 Å². The summed E-state index contributed by atoms with van der Waals surface area (Å²) in [7, 11) is 0.